The molecule has 0 spiro atoms. The van der Waals surface area contributed by atoms with Crippen molar-refractivity contribution in [3.63, 3.8) is 0 Å². The fourth-order valence-corrected chi connectivity index (χ4v) is 2.92. The predicted molar refractivity (Wildman–Crippen MR) is 62.3 cm³/mol. The molecule has 1 aliphatic heterocycles. The molecule has 1 aliphatic rings. The van der Waals surface area contributed by atoms with Gasteiger partial charge < -0.3 is 14.6 Å². The minimum atomic E-state index is -3.20. The van der Waals surface area contributed by atoms with E-state index in [9.17, 15) is 13.5 Å². The van der Waals surface area contributed by atoms with E-state index in [4.69, 9.17) is 9.47 Å². The summed E-state index contributed by atoms with van der Waals surface area (Å²) in [5, 5.41) is 9.69. The van der Waals surface area contributed by atoms with Gasteiger partial charge in [-0.15, -0.1) is 0 Å². The largest absolute Gasteiger partial charge is 0.390 e. The first kappa shape index (κ1) is 13.6. The molecule has 0 aromatic heterocycles. The number of aliphatic hydroxyl groups is 1. The number of epoxide rings is 1. The van der Waals surface area contributed by atoms with Crippen LogP contribution in [0.25, 0.3) is 0 Å². The second-order valence-corrected chi connectivity index (χ2v) is 6.31. The molecule has 0 radical (unpaired) electrons. The van der Waals surface area contributed by atoms with E-state index in [1.807, 2.05) is 22.9 Å². The van der Waals surface area contributed by atoms with Crippen molar-refractivity contribution >= 4 is 32.7 Å². The number of ether oxygens (including phenoxy) is 2. The van der Waals surface area contributed by atoms with Crippen molar-refractivity contribution < 1.29 is 23.0 Å². The SMILES string of the molecule is COC1OC1C(NI)C(O)CS(C)(=O)=O. The Morgan fingerprint density at radius 1 is 1.67 bits per heavy atom. The van der Waals surface area contributed by atoms with Crippen molar-refractivity contribution in [2.45, 2.75) is 24.5 Å². The molecule has 8 heteroatoms. The number of hydrogen-bond acceptors (Lipinski definition) is 6. The Hall–Kier alpha value is 0.520. The van der Waals surface area contributed by atoms with Crippen LogP contribution in [0.15, 0.2) is 0 Å². The van der Waals surface area contributed by atoms with Gasteiger partial charge in [0.15, 0.2) is 6.29 Å². The lowest BCUT2D eigenvalue weighted by molar-refractivity contribution is 0.0950. The summed E-state index contributed by atoms with van der Waals surface area (Å²) in [6, 6.07) is -0.440. The Kier molecular flexibility index (Phi) is 4.74. The molecule has 0 aromatic rings. The minimum Gasteiger partial charge on any atom is -0.390 e. The van der Waals surface area contributed by atoms with E-state index >= 15 is 0 Å². The van der Waals surface area contributed by atoms with Crippen LogP contribution >= 0.6 is 22.9 Å². The zero-order chi connectivity index (χ0) is 11.6. The molecule has 1 fully saturated rings. The number of hydrogen-bond donors (Lipinski definition) is 2. The first-order valence-electron chi connectivity index (χ1n) is 4.29. The first-order valence-corrected chi connectivity index (χ1v) is 7.43. The molecule has 6 nitrogen and oxygen atoms in total. The zero-order valence-electron chi connectivity index (χ0n) is 8.38. The van der Waals surface area contributed by atoms with Gasteiger partial charge in [0.05, 0.1) is 17.9 Å². The zero-order valence-corrected chi connectivity index (χ0v) is 11.4. The summed E-state index contributed by atoms with van der Waals surface area (Å²) in [7, 11) is -1.70. The van der Waals surface area contributed by atoms with Gasteiger partial charge in [0.1, 0.15) is 15.9 Å². The van der Waals surface area contributed by atoms with E-state index in [1.54, 1.807) is 0 Å². The van der Waals surface area contributed by atoms with Gasteiger partial charge in [0, 0.05) is 36.2 Å². The van der Waals surface area contributed by atoms with Crippen molar-refractivity contribution in [3.8, 4) is 0 Å². The fourth-order valence-electron chi connectivity index (χ4n) is 1.32. The maximum absolute atomic E-state index is 11.0. The van der Waals surface area contributed by atoms with Gasteiger partial charge in [-0.2, -0.15) is 0 Å². The second-order valence-electron chi connectivity index (χ2n) is 3.50. The summed E-state index contributed by atoms with van der Waals surface area (Å²) in [6.45, 7) is 0. The lowest BCUT2D eigenvalue weighted by atomic mass is 10.1. The third-order valence-electron chi connectivity index (χ3n) is 2.08. The van der Waals surface area contributed by atoms with Gasteiger partial charge >= 0.3 is 0 Å². The lowest BCUT2D eigenvalue weighted by Gasteiger charge is -2.18. The summed E-state index contributed by atoms with van der Waals surface area (Å²) in [4.78, 5) is 0. The molecule has 90 valence electrons. The highest BCUT2D eigenvalue weighted by Gasteiger charge is 2.48. The molecule has 0 amide bonds. The summed E-state index contributed by atoms with van der Waals surface area (Å²) >= 11 is 1.86. The van der Waals surface area contributed by atoms with Crippen LogP contribution in [0.3, 0.4) is 0 Å². The summed E-state index contributed by atoms with van der Waals surface area (Å²) < 4.78 is 34.8. The van der Waals surface area contributed by atoms with Crippen LogP contribution in [0.4, 0.5) is 0 Å². The minimum absolute atomic E-state index is 0.288. The third-order valence-corrected chi connectivity index (χ3v) is 3.75. The highest BCUT2D eigenvalue weighted by Crippen LogP contribution is 2.28. The van der Waals surface area contributed by atoms with Gasteiger partial charge in [0.25, 0.3) is 0 Å². The van der Waals surface area contributed by atoms with E-state index in [1.165, 1.54) is 7.11 Å². The fraction of sp³-hybridized carbons (Fsp3) is 1.00. The molecular weight excluding hydrogens is 337 g/mol. The third kappa shape index (κ3) is 4.11. The Balaban J connectivity index is 2.52. The molecule has 1 rings (SSSR count). The molecule has 4 unspecified atom stereocenters. The molecule has 0 bridgehead atoms. The van der Waals surface area contributed by atoms with E-state index in [0.717, 1.165) is 6.26 Å². The predicted octanol–water partition coefficient (Wildman–Crippen LogP) is -0.929. The molecule has 15 heavy (non-hydrogen) atoms. The quantitative estimate of drug-likeness (QED) is 0.365. The highest BCUT2D eigenvalue weighted by atomic mass is 127. The Morgan fingerprint density at radius 2 is 2.27 bits per heavy atom. The van der Waals surface area contributed by atoms with Crippen LogP contribution in [0.2, 0.25) is 0 Å². The monoisotopic (exact) mass is 351 g/mol. The summed E-state index contributed by atoms with van der Waals surface area (Å²) in [5.74, 6) is -0.288. The van der Waals surface area contributed by atoms with Crippen LogP contribution in [-0.4, -0.2) is 57.2 Å². The molecule has 0 saturated carbocycles. The molecule has 1 heterocycles. The molecular formula is C7H14INO5S. The smallest absolute Gasteiger partial charge is 0.185 e. The number of halogens is 1. The number of nitrogens with one attached hydrogen (secondary N) is 1. The van der Waals surface area contributed by atoms with Crippen LogP contribution < -0.4 is 3.53 Å². The van der Waals surface area contributed by atoms with Gasteiger partial charge in [0.2, 0.25) is 0 Å². The number of aliphatic hydroxyl groups excluding tert-OH is 1. The van der Waals surface area contributed by atoms with Crippen LogP contribution in [0, 0.1) is 0 Å². The number of sulfone groups is 1. The topological polar surface area (TPSA) is 88.2 Å². The van der Waals surface area contributed by atoms with Crippen LogP contribution in [0.1, 0.15) is 0 Å². The van der Waals surface area contributed by atoms with Gasteiger partial charge in [-0.25, -0.2) is 8.42 Å². The van der Waals surface area contributed by atoms with Crippen molar-refractivity contribution in [2.24, 2.45) is 0 Å². The Morgan fingerprint density at radius 3 is 2.60 bits per heavy atom. The average molecular weight is 351 g/mol. The molecule has 4 atom stereocenters. The van der Waals surface area contributed by atoms with Gasteiger partial charge in [-0.3, -0.25) is 3.53 Å². The first-order chi connectivity index (χ1) is 6.89. The van der Waals surface area contributed by atoms with Crippen LogP contribution in [-0.2, 0) is 19.3 Å². The summed E-state index contributed by atoms with van der Waals surface area (Å²) in [5.41, 5.74) is 0. The Labute approximate surface area is 103 Å². The van der Waals surface area contributed by atoms with Gasteiger partial charge in [-0.1, -0.05) is 0 Å². The van der Waals surface area contributed by atoms with Gasteiger partial charge in [-0.05, 0) is 0 Å². The summed E-state index contributed by atoms with van der Waals surface area (Å²) in [6.07, 6.45) is -0.556. The highest BCUT2D eigenvalue weighted by molar-refractivity contribution is 14.1. The standard InChI is InChI=1S/C7H14INO5S/c1-13-7-6(14-7)5(9-8)4(10)3-15(2,11)12/h4-7,9-10H,3H2,1-2H3. The van der Waals surface area contributed by atoms with Crippen LogP contribution in [0.5, 0.6) is 0 Å². The number of methoxy groups -OCH3 is 1. The maximum atomic E-state index is 11.0. The van der Waals surface area contributed by atoms with Crippen molar-refractivity contribution in [1.82, 2.24) is 3.53 Å². The van der Waals surface area contributed by atoms with E-state index in [0.29, 0.717) is 0 Å². The normalized spacial score (nSPS) is 29.9. The molecule has 2 N–H and O–H groups in total. The van der Waals surface area contributed by atoms with E-state index in [-0.39, 0.29) is 18.1 Å². The van der Waals surface area contributed by atoms with Crippen molar-refractivity contribution in [1.29, 1.82) is 0 Å². The Bertz CT molecular complexity index is 309. The average Bonchev–Trinajstić information content (AvgIpc) is 2.81. The van der Waals surface area contributed by atoms with E-state index < -0.39 is 22.0 Å². The van der Waals surface area contributed by atoms with Crippen molar-refractivity contribution in [3.05, 3.63) is 0 Å². The second kappa shape index (κ2) is 5.23. The van der Waals surface area contributed by atoms with E-state index in [2.05, 4.69) is 3.53 Å². The molecule has 0 aromatic carbocycles. The molecule has 1 saturated heterocycles. The lowest BCUT2D eigenvalue weighted by Crippen LogP contribution is -2.44. The van der Waals surface area contributed by atoms with Crippen molar-refractivity contribution in [2.75, 3.05) is 19.1 Å². The number of rotatable bonds is 6. The maximum Gasteiger partial charge on any atom is 0.185 e. The molecule has 0 aliphatic carbocycles.